The molecule has 2 aromatic carbocycles. The Morgan fingerprint density at radius 3 is 2.46 bits per heavy atom. The van der Waals surface area contributed by atoms with Gasteiger partial charge in [0.2, 0.25) is 0 Å². The van der Waals surface area contributed by atoms with Crippen LogP contribution in [0.3, 0.4) is 0 Å². The molecule has 0 aliphatic heterocycles. The number of aromatic hydroxyl groups is 1. The molecular formula is C17H14BrN3O5. The van der Waals surface area contributed by atoms with Crippen LogP contribution in [0.25, 0.3) is 0 Å². The molecular weight excluding hydrogens is 406 g/mol. The first-order chi connectivity index (χ1) is 12.4. The van der Waals surface area contributed by atoms with Gasteiger partial charge in [0, 0.05) is 15.7 Å². The molecule has 0 unspecified atom stereocenters. The molecule has 0 atom stereocenters. The zero-order valence-corrected chi connectivity index (χ0v) is 15.1. The number of amides is 2. The second kappa shape index (κ2) is 8.77. The van der Waals surface area contributed by atoms with E-state index < -0.39 is 17.8 Å². The van der Waals surface area contributed by atoms with E-state index in [0.717, 1.165) is 4.47 Å². The lowest BCUT2D eigenvalue weighted by molar-refractivity contribution is -0.136. The average Bonchev–Trinajstić information content (AvgIpc) is 2.64. The lowest BCUT2D eigenvalue weighted by Crippen LogP contribution is -2.32. The molecule has 0 fully saturated rings. The fourth-order valence-electron chi connectivity index (χ4n) is 1.84. The number of nitrogens with one attached hydrogen (secondary N) is 2. The van der Waals surface area contributed by atoms with E-state index in [-0.39, 0.29) is 5.75 Å². The Morgan fingerprint density at radius 1 is 1.12 bits per heavy atom. The Balaban J connectivity index is 1.93. The quantitative estimate of drug-likeness (QED) is 0.303. The minimum absolute atomic E-state index is 0.0265. The van der Waals surface area contributed by atoms with Crippen molar-refractivity contribution in [2.24, 2.45) is 5.10 Å². The molecule has 26 heavy (non-hydrogen) atoms. The van der Waals surface area contributed by atoms with Gasteiger partial charge in [-0.3, -0.25) is 9.59 Å². The van der Waals surface area contributed by atoms with Crippen LogP contribution < -0.4 is 10.7 Å². The number of halogens is 1. The van der Waals surface area contributed by atoms with Gasteiger partial charge in [0.1, 0.15) is 5.75 Å². The Labute approximate surface area is 157 Å². The number of benzene rings is 2. The Morgan fingerprint density at radius 2 is 1.81 bits per heavy atom. The third kappa shape index (κ3) is 5.15. The van der Waals surface area contributed by atoms with Crippen molar-refractivity contribution >= 4 is 45.6 Å². The fraction of sp³-hybridized carbons (Fsp3) is 0.0588. The molecule has 9 heteroatoms. The third-order valence-corrected chi connectivity index (χ3v) is 3.62. The van der Waals surface area contributed by atoms with E-state index >= 15 is 0 Å². The molecule has 0 aromatic heterocycles. The number of hydrogen-bond acceptors (Lipinski definition) is 6. The Hall–Kier alpha value is -3.20. The SMILES string of the molecule is COC(=O)c1ccc(NC(=O)C(=O)N/N=C/c2cc(Br)ccc2O)cc1. The molecule has 2 rings (SSSR count). The van der Waals surface area contributed by atoms with Gasteiger partial charge in [0.15, 0.2) is 0 Å². The highest BCUT2D eigenvalue weighted by atomic mass is 79.9. The molecule has 0 saturated carbocycles. The standard InChI is InChI=1S/C17H14BrN3O5/c1-26-17(25)10-2-5-13(6-3-10)20-15(23)16(24)21-19-9-11-8-12(18)4-7-14(11)22/h2-9,22H,1H3,(H,20,23)(H,21,24)/b19-9+. The van der Waals surface area contributed by atoms with Crippen LogP contribution in [0.4, 0.5) is 5.69 Å². The van der Waals surface area contributed by atoms with Crippen LogP contribution in [0.2, 0.25) is 0 Å². The molecule has 0 aliphatic rings. The predicted molar refractivity (Wildman–Crippen MR) is 98.0 cm³/mol. The summed E-state index contributed by atoms with van der Waals surface area (Å²) in [5, 5.41) is 15.6. The second-order valence-corrected chi connectivity index (χ2v) is 5.84. The van der Waals surface area contributed by atoms with Gasteiger partial charge in [-0.05, 0) is 42.5 Å². The maximum Gasteiger partial charge on any atom is 0.337 e. The summed E-state index contributed by atoms with van der Waals surface area (Å²) >= 11 is 3.24. The summed E-state index contributed by atoms with van der Waals surface area (Å²) in [7, 11) is 1.26. The minimum atomic E-state index is -0.993. The lowest BCUT2D eigenvalue weighted by Gasteiger charge is -2.05. The highest BCUT2D eigenvalue weighted by Crippen LogP contribution is 2.19. The normalized spacial score (nSPS) is 10.4. The summed E-state index contributed by atoms with van der Waals surface area (Å²) in [4.78, 5) is 34.9. The number of ether oxygens (including phenoxy) is 1. The van der Waals surface area contributed by atoms with Crippen molar-refractivity contribution in [3.63, 3.8) is 0 Å². The van der Waals surface area contributed by atoms with E-state index in [1.54, 1.807) is 12.1 Å². The van der Waals surface area contributed by atoms with Crippen LogP contribution in [0.1, 0.15) is 15.9 Å². The molecule has 0 radical (unpaired) electrons. The van der Waals surface area contributed by atoms with Gasteiger partial charge in [-0.1, -0.05) is 15.9 Å². The van der Waals surface area contributed by atoms with Gasteiger partial charge in [0.25, 0.3) is 0 Å². The molecule has 0 bridgehead atoms. The number of phenols is 1. The Kier molecular flexibility index (Phi) is 6.45. The predicted octanol–water partition coefficient (Wildman–Crippen LogP) is 2.03. The maximum atomic E-state index is 11.8. The summed E-state index contributed by atoms with van der Waals surface area (Å²) in [6.07, 6.45) is 1.20. The van der Waals surface area contributed by atoms with E-state index in [1.165, 1.54) is 43.7 Å². The number of esters is 1. The molecule has 8 nitrogen and oxygen atoms in total. The minimum Gasteiger partial charge on any atom is -0.507 e. The highest BCUT2D eigenvalue weighted by Gasteiger charge is 2.13. The topological polar surface area (TPSA) is 117 Å². The molecule has 0 aliphatic carbocycles. The Bertz CT molecular complexity index is 865. The van der Waals surface area contributed by atoms with Crippen LogP contribution in [0, 0.1) is 0 Å². The molecule has 0 heterocycles. The zero-order chi connectivity index (χ0) is 19.1. The number of hydrogen-bond donors (Lipinski definition) is 3. The number of anilines is 1. The number of carbonyl (C=O) groups is 3. The summed E-state index contributed by atoms with van der Waals surface area (Å²) < 4.78 is 5.28. The number of carbonyl (C=O) groups excluding carboxylic acids is 3. The molecule has 2 aromatic rings. The number of hydrazone groups is 1. The van der Waals surface area contributed by atoms with Gasteiger partial charge >= 0.3 is 17.8 Å². The molecule has 134 valence electrons. The molecule has 0 spiro atoms. The lowest BCUT2D eigenvalue weighted by atomic mass is 10.2. The van der Waals surface area contributed by atoms with Gasteiger partial charge in [-0.15, -0.1) is 0 Å². The average molecular weight is 420 g/mol. The second-order valence-electron chi connectivity index (χ2n) is 4.93. The van der Waals surface area contributed by atoms with E-state index in [0.29, 0.717) is 16.8 Å². The van der Waals surface area contributed by atoms with Crippen LogP contribution in [0.5, 0.6) is 5.75 Å². The summed E-state index contributed by atoms with van der Waals surface area (Å²) in [5.41, 5.74) is 3.05. The first-order valence-corrected chi connectivity index (χ1v) is 8.01. The zero-order valence-electron chi connectivity index (χ0n) is 13.5. The first-order valence-electron chi connectivity index (χ1n) is 7.22. The summed E-state index contributed by atoms with van der Waals surface area (Å²) in [5.74, 6) is -2.47. The van der Waals surface area contributed by atoms with Crippen LogP contribution in [0.15, 0.2) is 52.0 Å². The number of methoxy groups -OCH3 is 1. The smallest absolute Gasteiger partial charge is 0.337 e. The third-order valence-electron chi connectivity index (χ3n) is 3.13. The number of rotatable bonds is 4. The van der Waals surface area contributed by atoms with Crippen molar-refractivity contribution in [2.45, 2.75) is 0 Å². The first kappa shape index (κ1) is 19.1. The van der Waals surface area contributed by atoms with Crippen molar-refractivity contribution < 1.29 is 24.2 Å². The van der Waals surface area contributed by atoms with E-state index in [4.69, 9.17) is 0 Å². The fourth-order valence-corrected chi connectivity index (χ4v) is 2.21. The maximum absolute atomic E-state index is 11.8. The largest absolute Gasteiger partial charge is 0.507 e. The van der Waals surface area contributed by atoms with Gasteiger partial charge in [-0.25, -0.2) is 10.2 Å². The summed E-state index contributed by atoms with van der Waals surface area (Å²) in [6.45, 7) is 0. The van der Waals surface area contributed by atoms with Crippen LogP contribution in [-0.2, 0) is 14.3 Å². The van der Waals surface area contributed by atoms with Crippen LogP contribution in [-0.4, -0.2) is 36.2 Å². The molecule has 0 saturated heterocycles. The van der Waals surface area contributed by atoms with E-state index in [1.807, 2.05) is 0 Å². The van der Waals surface area contributed by atoms with Gasteiger partial charge in [-0.2, -0.15) is 5.10 Å². The van der Waals surface area contributed by atoms with Crippen molar-refractivity contribution in [1.82, 2.24) is 5.43 Å². The van der Waals surface area contributed by atoms with Crippen molar-refractivity contribution in [3.8, 4) is 5.75 Å². The van der Waals surface area contributed by atoms with Crippen molar-refractivity contribution in [1.29, 1.82) is 0 Å². The monoisotopic (exact) mass is 419 g/mol. The van der Waals surface area contributed by atoms with E-state index in [2.05, 4.69) is 36.5 Å². The van der Waals surface area contributed by atoms with E-state index in [9.17, 15) is 19.5 Å². The van der Waals surface area contributed by atoms with Gasteiger partial charge in [0.05, 0.1) is 18.9 Å². The van der Waals surface area contributed by atoms with Crippen molar-refractivity contribution in [2.75, 3.05) is 12.4 Å². The highest BCUT2D eigenvalue weighted by molar-refractivity contribution is 9.10. The number of nitrogens with zero attached hydrogens (tertiary/aromatic N) is 1. The van der Waals surface area contributed by atoms with Crippen LogP contribution >= 0.6 is 15.9 Å². The summed E-state index contributed by atoms with van der Waals surface area (Å²) in [6, 6.07) is 10.5. The van der Waals surface area contributed by atoms with Gasteiger partial charge < -0.3 is 15.2 Å². The number of phenolic OH excluding ortho intramolecular Hbond substituents is 1. The van der Waals surface area contributed by atoms with Crippen molar-refractivity contribution in [3.05, 3.63) is 58.1 Å². The molecule has 2 amide bonds. The molecule has 3 N–H and O–H groups in total.